The Morgan fingerprint density at radius 1 is 1.42 bits per heavy atom. The van der Waals surface area contributed by atoms with Crippen LogP contribution in [-0.2, 0) is 10.0 Å². The number of nitrogens with zero attached hydrogens (tertiary/aromatic N) is 2. The third-order valence-electron chi connectivity index (χ3n) is 2.78. The Morgan fingerprint density at radius 2 is 2.12 bits per heavy atom. The minimum absolute atomic E-state index is 0.273. The maximum absolute atomic E-state index is 14.3. The highest BCUT2D eigenvalue weighted by Gasteiger charge is 2.21. The fourth-order valence-corrected chi connectivity index (χ4v) is 3.60. The Bertz CT molecular complexity index is 869. The molecule has 0 bridgehead atoms. The van der Waals surface area contributed by atoms with Crippen molar-refractivity contribution in [3.8, 4) is 0 Å². The molecule has 0 unspecified atom stereocenters. The maximum Gasteiger partial charge on any atom is 0.319 e. The topological polar surface area (TPSA) is 155 Å². The number of thiazole rings is 1. The van der Waals surface area contributed by atoms with Crippen molar-refractivity contribution in [2.24, 2.45) is 11.5 Å². The van der Waals surface area contributed by atoms with Crippen molar-refractivity contribution in [1.82, 2.24) is 4.98 Å². The number of anilines is 2. The van der Waals surface area contributed by atoms with Crippen LogP contribution in [0.25, 0.3) is 0 Å². The van der Waals surface area contributed by atoms with Gasteiger partial charge in [0.05, 0.1) is 28.8 Å². The predicted octanol–water partition coefficient (Wildman–Crippen LogP) is 0.904. The van der Waals surface area contributed by atoms with Gasteiger partial charge in [0.1, 0.15) is 16.7 Å². The highest BCUT2D eigenvalue weighted by Crippen LogP contribution is 2.25. The van der Waals surface area contributed by atoms with Gasteiger partial charge in [-0.3, -0.25) is 20.0 Å². The molecule has 1 aromatic heterocycles. The van der Waals surface area contributed by atoms with Crippen LogP contribution in [0.4, 0.5) is 19.9 Å². The molecule has 128 valence electrons. The monoisotopic (exact) mass is 372 g/mol. The summed E-state index contributed by atoms with van der Waals surface area (Å²) in [6.07, 6.45) is 1.31. The normalized spacial score (nSPS) is 11.0. The smallest absolute Gasteiger partial charge is 0.319 e. The molecule has 0 aliphatic heterocycles. The van der Waals surface area contributed by atoms with Crippen LogP contribution in [0, 0.1) is 11.2 Å². The molecule has 2 aromatic rings. The van der Waals surface area contributed by atoms with E-state index in [9.17, 15) is 17.6 Å². The average molecular weight is 372 g/mol. The summed E-state index contributed by atoms with van der Waals surface area (Å²) in [6, 6.07) is 1.90. The van der Waals surface area contributed by atoms with Crippen molar-refractivity contribution in [2.75, 3.05) is 16.2 Å². The molecule has 1 aromatic carbocycles. The standard InChI is InChI=1S/C12H13FN6O3S2/c13-8-3-7(24(21,22)18-11-4-17-6-23-11)1-2-9(8)19(12(16)20)5-10(14)15/h1-4,6,18H,5H2,(H3,14,15)(H2,16,20). The molecule has 0 saturated heterocycles. The number of hydrogen-bond acceptors (Lipinski definition) is 6. The molecule has 2 rings (SSSR count). The predicted molar refractivity (Wildman–Crippen MR) is 88.2 cm³/mol. The zero-order chi connectivity index (χ0) is 17.9. The largest absolute Gasteiger partial charge is 0.386 e. The fourth-order valence-electron chi connectivity index (χ4n) is 1.78. The van der Waals surface area contributed by atoms with Crippen molar-refractivity contribution >= 4 is 43.9 Å². The SMILES string of the molecule is N=C(N)CN(C(N)=O)c1ccc(S(=O)(=O)Nc2cncs2)cc1F. The number of nitrogens with two attached hydrogens (primary N) is 2. The van der Waals surface area contributed by atoms with Gasteiger partial charge in [0.15, 0.2) is 0 Å². The van der Waals surface area contributed by atoms with Crippen molar-refractivity contribution in [2.45, 2.75) is 4.90 Å². The number of hydrogen-bond donors (Lipinski definition) is 4. The van der Waals surface area contributed by atoms with E-state index in [4.69, 9.17) is 16.9 Å². The Kier molecular flexibility index (Phi) is 4.99. The number of rotatable bonds is 6. The van der Waals surface area contributed by atoms with E-state index in [1.54, 1.807) is 0 Å². The second-order valence-corrected chi connectivity index (χ2v) is 7.10. The van der Waals surface area contributed by atoms with Gasteiger partial charge in [-0.05, 0) is 18.2 Å². The van der Waals surface area contributed by atoms with E-state index in [1.165, 1.54) is 11.7 Å². The number of primary amides is 1. The van der Waals surface area contributed by atoms with Crippen LogP contribution in [0.1, 0.15) is 0 Å². The van der Waals surface area contributed by atoms with Crippen LogP contribution in [0.5, 0.6) is 0 Å². The number of nitrogens with one attached hydrogen (secondary N) is 2. The van der Waals surface area contributed by atoms with Crippen LogP contribution in [0.15, 0.2) is 34.8 Å². The van der Waals surface area contributed by atoms with Crippen molar-refractivity contribution in [1.29, 1.82) is 5.41 Å². The summed E-state index contributed by atoms with van der Waals surface area (Å²) in [5.74, 6) is -1.40. The molecule has 6 N–H and O–H groups in total. The Hall–Kier alpha value is -2.73. The quantitative estimate of drug-likeness (QED) is 0.438. The van der Waals surface area contributed by atoms with E-state index in [1.807, 2.05) is 0 Å². The van der Waals surface area contributed by atoms with Gasteiger partial charge in [0, 0.05) is 0 Å². The van der Waals surface area contributed by atoms with E-state index in [0.29, 0.717) is 0 Å². The molecule has 12 heteroatoms. The third-order valence-corrected chi connectivity index (χ3v) is 4.96. The number of carbonyl (C=O) groups excluding carboxylic acids is 1. The molecule has 0 fully saturated rings. The van der Waals surface area contributed by atoms with Crippen molar-refractivity contribution in [3.63, 3.8) is 0 Å². The molecule has 9 nitrogen and oxygen atoms in total. The Labute approximate surface area is 140 Å². The molecule has 1 heterocycles. The average Bonchev–Trinajstić information content (AvgIpc) is 2.96. The van der Waals surface area contributed by atoms with E-state index in [2.05, 4.69) is 9.71 Å². The molecular weight excluding hydrogens is 359 g/mol. The number of carbonyl (C=O) groups is 1. The van der Waals surface area contributed by atoms with E-state index >= 15 is 0 Å². The van der Waals surface area contributed by atoms with Crippen LogP contribution < -0.4 is 21.1 Å². The Morgan fingerprint density at radius 3 is 2.62 bits per heavy atom. The summed E-state index contributed by atoms with van der Waals surface area (Å²) in [5.41, 5.74) is 11.5. The lowest BCUT2D eigenvalue weighted by atomic mass is 10.2. The second-order valence-electron chi connectivity index (χ2n) is 4.53. The number of aromatic nitrogens is 1. The van der Waals surface area contributed by atoms with E-state index < -0.39 is 34.3 Å². The summed E-state index contributed by atoms with van der Waals surface area (Å²) < 4.78 is 40.9. The first-order valence-electron chi connectivity index (χ1n) is 6.31. The number of sulfonamides is 1. The van der Waals surface area contributed by atoms with Gasteiger partial charge in [-0.25, -0.2) is 17.6 Å². The van der Waals surface area contributed by atoms with E-state index in [-0.39, 0.29) is 15.6 Å². The summed E-state index contributed by atoms with van der Waals surface area (Å²) in [6.45, 7) is -0.419. The summed E-state index contributed by atoms with van der Waals surface area (Å²) in [7, 11) is -4.01. The summed E-state index contributed by atoms with van der Waals surface area (Å²) >= 11 is 1.07. The first-order valence-corrected chi connectivity index (χ1v) is 8.67. The molecule has 2 amide bonds. The lowest BCUT2D eigenvalue weighted by molar-refractivity contribution is 0.254. The molecule has 0 aliphatic carbocycles. The molecule has 0 atom stereocenters. The highest BCUT2D eigenvalue weighted by atomic mass is 32.2. The van der Waals surface area contributed by atoms with Gasteiger partial charge in [0.2, 0.25) is 0 Å². The van der Waals surface area contributed by atoms with Gasteiger partial charge in [-0.1, -0.05) is 0 Å². The number of halogens is 1. The van der Waals surface area contributed by atoms with Crippen molar-refractivity contribution < 1.29 is 17.6 Å². The molecule has 0 saturated carbocycles. The van der Waals surface area contributed by atoms with Gasteiger partial charge in [-0.2, -0.15) is 0 Å². The summed E-state index contributed by atoms with van der Waals surface area (Å²) in [4.78, 5) is 15.5. The number of urea groups is 1. The zero-order valence-corrected chi connectivity index (χ0v) is 13.7. The van der Waals surface area contributed by atoms with Gasteiger partial charge in [0.25, 0.3) is 10.0 Å². The fraction of sp³-hybridized carbons (Fsp3) is 0.0833. The molecular formula is C12H13FN6O3S2. The number of amides is 2. The lowest BCUT2D eigenvalue weighted by Gasteiger charge is -2.20. The first-order chi connectivity index (χ1) is 11.2. The highest BCUT2D eigenvalue weighted by molar-refractivity contribution is 7.93. The van der Waals surface area contributed by atoms with Crippen molar-refractivity contribution in [3.05, 3.63) is 35.7 Å². The van der Waals surface area contributed by atoms with Crippen LogP contribution in [-0.4, -0.2) is 31.8 Å². The van der Waals surface area contributed by atoms with Crippen LogP contribution >= 0.6 is 11.3 Å². The molecule has 0 aliphatic rings. The van der Waals surface area contributed by atoms with Crippen LogP contribution in [0.2, 0.25) is 0 Å². The second kappa shape index (κ2) is 6.80. The van der Waals surface area contributed by atoms with Gasteiger partial charge >= 0.3 is 6.03 Å². The number of benzene rings is 1. The zero-order valence-electron chi connectivity index (χ0n) is 12.1. The lowest BCUT2D eigenvalue weighted by Crippen LogP contribution is -2.42. The third kappa shape index (κ3) is 3.97. The molecule has 0 spiro atoms. The molecule has 24 heavy (non-hydrogen) atoms. The molecule has 0 radical (unpaired) electrons. The maximum atomic E-state index is 14.3. The number of amidine groups is 1. The van der Waals surface area contributed by atoms with Gasteiger partial charge in [-0.15, -0.1) is 11.3 Å². The first kappa shape index (κ1) is 17.6. The summed E-state index contributed by atoms with van der Waals surface area (Å²) in [5, 5.41) is 7.46. The minimum atomic E-state index is -4.01. The van der Waals surface area contributed by atoms with E-state index in [0.717, 1.165) is 34.4 Å². The van der Waals surface area contributed by atoms with Crippen LogP contribution in [0.3, 0.4) is 0 Å². The minimum Gasteiger partial charge on any atom is -0.386 e. The van der Waals surface area contributed by atoms with Gasteiger partial charge < -0.3 is 11.5 Å². The Balaban J connectivity index is 2.35.